The van der Waals surface area contributed by atoms with Crippen LogP contribution in [0.2, 0.25) is 0 Å². The van der Waals surface area contributed by atoms with Crippen LogP contribution in [0.25, 0.3) is 0 Å². The van der Waals surface area contributed by atoms with Gasteiger partial charge in [0.2, 0.25) is 0 Å². The van der Waals surface area contributed by atoms with E-state index >= 15 is 0 Å². The van der Waals surface area contributed by atoms with E-state index in [0.717, 1.165) is 12.0 Å². The van der Waals surface area contributed by atoms with Gasteiger partial charge >= 0.3 is 5.97 Å². The zero-order chi connectivity index (χ0) is 11.0. The highest BCUT2D eigenvalue weighted by Crippen LogP contribution is 2.15. The smallest absolute Gasteiger partial charge is 0.365 e. The normalized spacial score (nSPS) is 12.1. The molecule has 0 saturated heterocycles. The van der Waals surface area contributed by atoms with E-state index in [1.165, 1.54) is 7.11 Å². The Morgan fingerprint density at radius 3 is 2.71 bits per heavy atom. The van der Waals surface area contributed by atoms with E-state index < -0.39 is 5.97 Å². The molecule has 0 saturated carbocycles. The minimum Gasteiger partial charge on any atom is -0.393 e. The van der Waals surface area contributed by atoms with Crippen molar-refractivity contribution in [1.82, 2.24) is 0 Å². The van der Waals surface area contributed by atoms with Crippen molar-refractivity contribution in [2.24, 2.45) is 5.73 Å². The summed E-state index contributed by atoms with van der Waals surface area (Å²) in [6.45, 7) is 5.94. The zero-order valence-electron chi connectivity index (χ0n) is 8.32. The number of nitrogens with two attached hydrogens (primary N) is 1. The van der Waals surface area contributed by atoms with E-state index in [0.29, 0.717) is 13.2 Å². The number of methoxy groups -OCH3 is 1. The summed E-state index contributed by atoms with van der Waals surface area (Å²) in [7, 11) is 1.54. The number of rotatable bonds is 7. The molecule has 0 spiro atoms. The molecular weight excluding hydrogens is 206 g/mol. The van der Waals surface area contributed by atoms with Crippen molar-refractivity contribution in [2.75, 3.05) is 20.3 Å². The monoisotopic (exact) mass is 221 g/mol. The molecule has 0 aliphatic carbocycles. The molecule has 6 heteroatoms. The van der Waals surface area contributed by atoms with E-state index in [9.17, 15) is 4.79 Å². The van der Waals surface area contributed by atoms with Gasteiger partial charge < -0.3 is 19.4 Å². The maximum atomic E-state index is 10.9. The Morgan fingerprint density at radius 2 is 2.29 bits per heavy atom. The largest absolute Gasteiger partial charge is 0.393 e. The van der Waals surface area contributed by atoms with Crippen molar-refractivity contribution in [3.05, 3.63) is 12.3 Å². The quantitative estimate of drug-likeness (QED) is 0.387. The van der Waals surface area contributed by atoms with Gasteiger partial charge in [-0.15, -0.1) is 0 Å². The van der Waals surface area contributed by atoms with Crippen molar-refractivity contribution in [1.29, 1.82) is 0 Å². The molecular formula is C8H15NO4S. The summed E-state index contributed by atoms with van der Waals surface area (Å²) in [5.74, 6) is -0.657. The van der Waals surface area contributed by atoms with Crippen molar-refractivity contribution >= 4 is 18.0 Å². The fourth-order valence-electron chi connectivity index (χ4n) is 0.577. The molecule has 0 fully saturated rings. The molecule has 0 radical (unpaired) electrons. The Bertz CT molecular complexity index is 192. The first-order valence-corrected chi connectivity index (χ1v) is 4.84. The Labute approximate surface area is 87.8 Å². The molecule has 0 amide bonds. The van der Waals surface area contributed by atoms with Crippen LogP contribution in [0.4, 0.5) is 0 Å². The molecule has 5 nitrogen and oxygen atoms in total. The van der Waals surface area contributed by atoms with Crippen molar-refractivity contribution in [3.8, 4) is 0 Å². The Kier molecular flexibility index (Phi) is 7.27. The molecule has 2 N–H and O–H groups in total. The number of carbonyl (C=O) groups excluding carboxylic acids is 1. The maximum absolute atomic E-state index is 10.9. The van der Waals surface area contributed by atoms with Gasteiger partial charge in [0.25, 0.3) is 0 Å². The third-order valence-electron chi connectivity index (χ3n) is 1.15. The SMILES string of the molecule is C=C(N)C(=O)OSC(COC)OCC. The average molecular weight is 221 g/mol. The van der Waals surface area contributed by atoms with E-state index in [1.807, 2.05) is 6.92 Å². The fraction of sp³-hybridized carbons (Fsp3) is 0.625. The van der Waals surface area contributed by atoms with Gasteiger partial charge in [-0.3, -0.25) is 0 Å². The van der Waals surface area contributed by atoms with Crippen LogP contribution in [-0.2, 0) is 18.5 Å². The average Bonchev–Trinajstić information content (AvgIpc) is 2.14. The first-order chi connectivity index (χ1) is 6.61. The van der Waals surface area contributed by atoms with Crippen LogP contribution in [0.15, 0.2) is 12.3 Å². The van der Waals surface area contributed by atoms with Gasteiger partial charge in [-0.2, -0.15) is 0 Å². The highest BCUT2D eigenvalue weighted by molar-refractivity contribution is 7.95. The van der Waals surface area contributed by atoms with Crippen LogP contribution in [0.1, 0.15) is 6.92 Å². The molecule has 14 heavy (non-hydrogen) atoms. The van der Waals surface area contributed by atoms with Crippen LogP contribution < -0.4 is 5.73 Å². The summed E-state index contributed by atoms with van der Waals surface area (Å²) < 4.78 is 14.8. The lowest BCUT2D eigenvalue weighted by Crippen LogP contribution is -2.18. The van der Waals surface area contributed by atoms with Crippen LogP contribution in [0.3, 0.4) is 0 Å². The first kappa shape index (κ1) is 13.3. The number of hydrogen-bond acceptors (Lipinski definition) is 6. The Balaban J connectivity index is 3.80. The molecule has 0 aromatic heterocycles. The number of hydrogen-bond donors (Lipinski definition) is 1. The predicted molar refractivity (Wildman–Crippen MR) is 54.3 cm³/mol. The highest BCUT2D eigenvalue weighted by Gasteiger charge is 2.14. The van der Waals surface area contributed by atoms with E-state index in [2.05, 4.69) is 6.58 Å². The van der Waals surface area contributed by atoms with Gasteiger partial charge in [-0.25, -0.2) is 4.79 Å². The van der Waals surface area contributed by atoms with Gasteiger partial charge in [0.15, 0.2) is 5.44 Å². The lowest BCUT2D eigenvalue weighted by molar-refractivity contribution is -0.129. The van der Waals surface area contributed by atoms with E-state index in [4.69, 9.17) is 19.4 Å². The van der Waals surface area contributed by atoms with Crippen LogP contribution >= 0.6 is 12.0 Å². The topological polar surface area (TPSA) is 70.8 Å². The van der Waals surface area contributed by atoms with Crippen LogP contribution in [0.5, 0.6) is 0 Å². The van der Waals surface area contributed by atoms with Gasteiger partial charge in [0.05, 0.1) is 18.6 Å². The molecule has 0 aromatic carbocycles. The summed E-state index contributed by atoms with van der Waals surface area (Å²) in [5.41, 5.74) is 4.64. The maximum Gasteiger partial charge on any atom is 0.365 e. The second-order valence-electron chi connectivity index (χ2n) is 2.33. The predicted octanol–water partition coefficient (Wildman–Crippen LogP) is 0.659. The Morgan fingerprint density at radius 1 is 1.64 bits per heavy atom. The van der Waals surface area contributed by atoms with Crippen molar-refractivity contribution < 1.29 is 18.5 Å². The first-order valence-electron chi connectivity index (χ1n) is 4.04. The minimum atomic E-state index is -0.657. The summed E-state index contributed by atoms with van der Waals surface area (Å²) in [5, 5.41) is 0. The summed E-state index contributed by atoms with van der Waals surface area (Å²) in [4.78, 5) is 10.9. The standard InChI is InChI=1S/C8H15NO4S/c1-4-12-7(5-11-3)14-13-8(10)6(2)9/h7H,2,4-5,9H2,1,3H3. The van der Waals surface area contributed by atoms with Gasteiger partial charge in [-0.1, -0.05) is 6.58 Å². The second-order valence-corrected chi connectivity index (χ2v) is 3.22. The molecule has 82 valence electrons. The molecule has 0 rings (SSSR count). The fourth-order valence-corrected chi connectivity index (χ4v) is 1.26. The molecule has 1 unspecified atom stereocenters. The number of ether oxygens (including phenoxy) is 2. The zero-order valence-corrected chi connectivity index (χ0v) is 9.13. The summed E-state index contributed by atoms with van der Waals surface area (Å²) >= 11 is 0.870. The summed E-state index contributed by atoms with van der Waals surface area (Å²) in [6, 6.07) is 0. The number of carbonyl (C=O) groups is 1. The lowest BCUT2D eigenvalue weighted by atomic mass is 10.5. The minimum absolute atomic E-state index is 0.134. The molecule has 0 aliphatic rings. The van der Waals surface area contributed by atoms with Crippen LogP contribution in [-0.4, -0.2) is 31.7 Å². The molecule has 0 aromatic rings. The van der Waals surface area contributed by atoms with Gasteiger partial charge in [-0.05, 0) is 6.92 Å². The third kappa shape index (κ3) is 5.85. The van der Waals surface area contributed by atoms with Gasteiger partial charge in [0.1, 0.15) is 5.70 Å². The van der Waals surface area contributed by atoms with Crippen LogP contribution in [0, 0.1) is 0 Å². The second kappa shape index (κ2) is 7.66. The summed E-state index contributed by atoms with van der Waals surface area (Å²) in [6.07, 6.45) is 0. The van der Waals surface area contributed by atoms with E-state index in [-0.39, 0.29) is 11.1 Å². The molecule has 1 atom stereocenters. The Hall–Kier alpha value is -0.720. The van der Waals surface area contributed by atoms with Gasteiger partial charge in [0, 0.05) is 13.7 Å². The highest BCUT2D eigenvalue weighted by atomic mass is 32.2. The van der Waals surface area contributed by atoms with Crippen molar-refractivity contribution in [2.45, 2.75) is 12.4 Å². The molecule has 0 bridgehead atoms. The molecule has 0 heterocycles. The third-order valence-corrected chi connectivity index (χ3v) is 1.88. The molecule has 0 aliphatic heterocycles. The lowest BCUT2D eigenvalue weighted by Gasteiger charge is -2.13. The van der Waals surface area contributed by atoms with E-state index in [1.54, 1.807) is 0 Å². The van der Waals surface area contributed by atoms with Crippen molar-refractivity contribution in [3.63, 3.8) is 0 Å².